The van der Waals surface area contributed by atoms with Gasteiger partial charge in [0.25, 0.3) is 5.91 Å². The zero-order chi connectivity index (χ0) is 15.4. The van der Waals surface area contributed by atoms with Crippen LogP contribution in [0.2, 0.25) is 0 Å². The van der Waals surface area contributed by atoms with Gasteiger partial charge in [-0.2, -0.15) is 0 Å². The second-order valence-corrected chi connectivity index (χ2v) is 5.61. The highest BCUT2D eigenvalue weighted by Crippen LogP contribution is 2.27. The van der Waals surface area contributed by atoms with Crippen LogP contribution in [0.4, 0.5) is 4.39 Å². The van der Waals surface area contributed by atoms with Crippen LogP contribution in [0.25, 0.3) is 0 Å². The number of hydrogen-bond donors (Lipinski definition) is 2. The summed E-state index contributed by atoms with van der Waals surface area (Å²) in [5.74, 6) is -0.459. The number of benzene rings is 1. The molecule has 4 nitrogen and oxygen atoms in total. The van der Waals surface area contributed by atoms with Crippen molar-refractivity contribution in [1.82, 2.24) is 5.32 Å². The third-order valence-electron chi connectivity index (χ3n) is 3.80. The fraction of sp³-hybridized carbons (Fsp3) is 0.562. The van der Waals surface area contributed by atoms with E-state index in [1.807, 2.05) is 0 Å². The number of carbonyl (C=O) groups is 1. The molecule has 0 saturated heterocycles. The van der Waals surface area contributed by atoms with Gasteiger partial charge < -0.3 is 15.2 Å². The summed E-state index contributed by atoms with van der Waals surface area (Å²) in [4.78, 5) is 12.1. The Morgan fingerprint density at radius 2 is 2.05 bits per heavy atom. The summed E-state index contributed by atoms with van der Waals surface area (Å²) in [7, 11) is 0. The molecule has 1 aromatic carbocycles. The third-order valence-corrected chi connectivity index (χ3v) is 3.80. The first-order chi connectivity index (χ1) is 9.97. The zero-order valence-electron chi connectivity index (χ0n) is 12.4. The van der Waals surface area contributed by atoms with Crippen LogP contribution in [-0.4, -0.2) is 23.2 Å². The zero-order valence-corrected chi connectivity index (χ0v) is 12.4. The molecular formula is C16H22FNO3. The van der Waals surface area contributed by atoms with Crippen LogP contribution in [0.15, 0.2) is 18.2 Å². The molecule has 116 valence electrons. The van der Waals surface area contributed by atoms with Crippen molar-refractivity contribution in [3.8, 4) is 5.75 Å². The molecule has 5 heteroatoms. The van der Waals surface area contributed by atoms with Gasteiger partial charge in [-0.25, -0.2) is 4.39 Å². The van der Waals surface area contributed by atoms with E-state index in [-0.39, 0.29) is 17.7 Å². The largest absolute Gasteiger partial charge is 0.480 e. The van der Waals surface area contributed by atoms with E-state index in [9.17, 15) is 14.3 Å². The smallest absolute Gasteiger partial charge is 0.260 e. The molecule has 0 spiro atoms. The van der Waals surface area contributed by atoms with Crippen LogP contribution < -0.4 is 10.1 Å². The van der Waals surface area contributed by atoms with Gasteiger partial charge in [0, 0.05) is 17.7 Å². The lowest BCUT2D eigenvalue weighted by atomic mass is 10.1. The van der Waals surface area contributed by atoms with Crippen LogP contribution >= 0.6 is 0 Å². The minimum absolute atomic E-state index is 0.206. The fourth-order valence-electron chi connectivity index (χ4n) is 2.59. The standard InChI is InChI=1S/C16H22FNO3/c1-10(19)14-8-7-12(17)9-15(14)21-11(2)16(20)18-13-5-3-4-6-13/h7-11,13,19H,3-6H2,1-2H3,(H,18,20)/t10-,11?/m0/s1. The Kier molecular flexibility index (Phi) is 5.17. The van der Waals surface area contributed by atoms with E-state index in [0.29, 0.717) is 5.56 Å². The van der Waals surface area contributed by atoms with E-state index < -0.39 is 18.0 Å². The molecule has 2 N–H and O–H groups in total. The maximum atomic E-state index is 13.3. The number of carbonyl (C=O) groups excluding carboxylic acids is 1. The van der Waals surface area contributed by atoms with Gasteiger partial charge in [-0.3, -0.25) is 4.79 Å². The van der Waals surface area contributed by atoms with Crippen LogP contribution in [0.3, 0.4) is 0 Å². The van der Waals surface area contributed by atoms with Crippen LogP contribution in [-0.2, 0) is 4.79 Å². The molecule has 21 heavy (non-hydrogen) atoms. The molecule has 1 aliphatic rings. The van der Waals surface area contributed by atoms with Crippen molar-refractivity contribution in [2.45, 2.75) is 57.8 Å². The van der Waals surface area contributed by atoms with E-state index in [2.05, 4.69) is 5.32 Å². The summed E-state index contributed by atoms with van der Waals surface area (Å²) in [6.07, 6.45) is 2.75. The summed E-state index contributed by atoms with van der Waals surface area (Å²) in [5, 5.41) is 12.6. The Morgan fingerprint density at radius 3 is 2.67 bits per heavy atom. The molecule has 1 aromatic rings. The van der Waals surface area contributed by atoms with E-state index in [0.717, 1.165) is 25.7 Å². The van der Waals surface area contributed by atoms with Crippen LogP contribution in [0.1, 0.15) is 51.2 Å². The number of amides is 1. The highest BCUT2D eigenvalue weighted by Gasteiger charge is 2.23. The number of aliphatic hydroxyl groups excluding tert-OH is 1. The number of aliphatic hydroxyl groups is 1. The lowest BCUT2D eigenvalue weighted by Gasteiger charge is -2.20. The molecule has 2 atom stereocenters. The molecule has 1 fully saturated rings. The minimum atomic E-state index is -0.786. The molecule has 1 amide bonds. The molecule has 1 unspecified atom stereocenters. The van der Waals surface area contributed by atoms with Gasteiger partial charge in [0.15, 0.2) is 6.10 Å². The van der Waals surface area contributed by atoms with Gasteiger partial charge in [-0.05, 0) is 38.8 Å². The first kappa shape index (κ1) is 15.8. The van der Waals surface area contributed by atoms with Crippen LogP contribution in [0.5, 0.6) is 5.75 Å². The second-order valence-electron chi connectivity index (χ2n) is 5.61. The second kappa shape index (κ2) is 6.89. The maximum Gasteiger partial charge on any atom is 0.260 e. The van der Waals surface area contributed by atoms with E-state index in [1.54, 1.807) is 13.8 Å². The topological polar surface area (TPSA) is 58.6 Å². The van der Waals surface area contributed by atoms with Crippen molar-refractivity contribution in [1.29, 1.82) is 0 Å². The highest BCUT2D eigenvalue weighted by molar-refractivity contribution is 5.81. The first-order valence-corrected chi connectivity index (χ1v) is 7.42. The third kappa shape index (κ3) is 4.17. The van der Waals surface area contributed by atoms with Gasteiger partial charge in [-0.1, -0.05) is 12.8 Å². The number of nitrogens with one attached hydrogen (secondary N) is 1. The fourth-order valence-corrected chi connectivity index (χ4v) is 2.59. The Morgan fingerprint density at radius 1 is 1.38 bits per heavy atom. The maximum absolute atomic E-state index is 13.3. The normalized spacial score (nSPS) is 18.3. The minimum Gasteiger partial charge on any atom is -0.480 e. The van der Waals surface area contributed by atoms with Gasteiger partial charge in [0.2, 0.25) is 0 Å². The van der Waals surface area contributed by atoms with Crippen molar-refractivity contribution < 1.29 is 19.0 Å². The van der Waals surface area contributed by atoms with Crippen molar-refractivity contribution in [3.63, 3.8) is 0 Å². The molecule has 2 rings (SSSR count). The van der Waals surface area contributed by atoms with Gasteiger partial charge in [-0.15, -0.1) is 0 Å². The highest BCUT2D eigenvalue weighted by atomic mass is 19.1. The Balaban J connectivity index is 2.02. The number of rotatable bonds is 5. The summed E-state index contributed by atoms with van der Waals surface area (Å²) < 4.78 is 18.9. The predicted molar refractivity (Wildman–Crippen MR) is 77.5 cm³/mol. The number of ether oxygens (including phenoxy) is 1. The Hall–Kier alpha value is -1.62. The molecule has 1 aliphatic carbocycles. The number of halogens is 1. The van der Waals surface area contributed by atoms with Gasteiger partial charge in [0.05, 0.1) is 6.10 Å². The number of hydrogen-bond acceptors (Lipinski definition) is 3. The average Bonchev–Trinajstić information content (AvgIpc) is 2.91. The quantitative estimate of drug-likeness (QED) is 0.878. The summed E-state index contributed by atoms with van der Waals surface area (Å²) in [6, 6.07) is 4.14. The van der Waals surface area contributed by atoms with E-state index in [1.165, 1.54) is 18.2 Å². The van der Waals surface area contributed by atoms with Crippen molar-refractivity contribution in [2.24, 2.45) is 0 Å². The first-order valence-electron chi connectivity index (χ1n) is 7.42. The van der Waals surface area contributed by atoms with Gasteiger partial charge in [0.1, 0.15) is 11.6 Å². The van der Waals surface area contributed by atoms with Gasteiger partial charge >= 0.3 is 0 Å². The Labute approximate surface area is 124 Å². The van der Waals surface area contributed by atoms with Crippen molar-refractivity contribution in [3.05, 3.63) is 29.6 Å². The summed E-state index contributed by atoms with van der Waals surface area (Å²) in [5.41, 5.74) is 0.469. The molecule has 0 aliphatic heterocycles. The predicted octanol–water partition coefficient (Wildman–Crippen LogP) is 2.71. The lowest BCUT2D eigenvalue weighted by Crippen LogP contribution is -2.41. The SMILES string of the molecule is CC(Oc1cc(F)ccc1[C@H](C)O)C(=O)NC1CCCC1. The average molecular weight is 295 g/mol. The summed E-state index contributed by atoms with van der Waals surface area (Å²) >= 11 is 0. The monoisotopic (exact) mass is 295 g/mol. The van der Waals surface area contributed by atoms with Crippen LogP contribution in [0, 0.1) is 5.82 Å². The van der Waals surface area contributed by atoms with Crippen molar-refractivity contribution in [2.75, 3.05) is 0 Å². The molecule has 0 aromatic heterocycles. The van der Waals surface area contributed by atoms with E-state index in [4.69, 9.17) is 4.74 Å². The van der Waals surface area contributed by atoms with E-state index >= 15 is 0 Å². The Bertz CT molecular complexity index is 498. The molecule has 1 saturated carbocycles. The molecular weight excluding hydrogens is 273 g/mol. The molecule has 0 bridgehead atoms. The summed E-state index contributed by atoms with van der Waals surface area (Å²) in [6.45, 7) is 3.20. The lowest BCUT2D eigenvalue weighted by molar-refractivity contribution is -0.128. The molecule has 0 heterocycles. The molecule has 0 radical (unpaired) electrons. The van der Waals surface area contributed by atoms with Crippen molar-refractivity contribution >= 4 is 5.91 Å².